The summed E-state index contributed by atoms with van der Waals surface area (Å²) in [5, 5.41) is 8.57. The van der Waals surface area contributed by atoms with Gasteiger partial charge < -0.3 is 0 Å². The van der Waals surface area contributed by atoms with E-state index in [2.05, 4.69) is 20.4 Å². The van der Waals surface area contributed by atoms with Crippen LogP contribution in [0.25, 0.3) is 26.4 Å². The maximum Gasteiger partial charge on any atom is 0.433 e. The highest BCUT2D eigenvalue weighted by Gasteiger charge is 2.35. The van der Waals surface area contributed by atoms with Gasteiger partial charge in [0.25, 0.3) is 5.91 Å². The molecule has 156 valence electrons. The molecule has 0 unspecified atom stereocenters. The fourth-order valence-corrected chi connectivity index (χ4v) is 4.73. The van der Waals surface area contributed by atoms with Gasteiger partial charge in [0.1, 0.15) is 0 Å². The van der Waals surface area contributed by atoms with Gasteiger partial charge in [-0.25, -0.2) is 14.5 Å². The fourth-order valence-electron chi connectivity index (χ4n) is 3.08. The number of thiazole rings is 1. The van der Waals surface area contributed by atoms with Gasteiger partial charge in [-0.05, 0) is 42.1 Å². The van der Waals surface area contributed by atoms with E-state index in [4.69, 9.17) is 0 Å². The average Bonchev–Trinajstić information content (AvgIpc) is 3.44. The number of amides is 1. The van der Waals surface area contributed by atoms with E-state index in [1.165, 1.54) is 28.7 Å². The third-order valence-electron chi connectivity index (χ3n) is 4.49. The number of nitrogens with one attached hydrogen (secondary N) is 1. The van der Waals surface area contributed by atoms with Crippen LogP contribution < -0.4 is 5.32 Å². The molecule has 4 aromatic heterocycles. The van der Waals surface area contributed by atoms with E-state index < -0.39 is 17.8 Å². The molecule has 0 aliphatic carbocycles. The highest BCUT2D eigenvalue weighted by molar-refractivity contribution is 7.22. The van der Waals surface area contributed by atoms with Crippen LogP contribution in [-0.4, -0.2) is 25.5 Å². The number of thiophene rings is 1. The molecule has 11 heteroatoms. The number of carbonyl (C=O) groups excluding carboxylic acids is 1. The lowest BCUT2D eigenvalue weighted by Gasteiger charge is -2.10. The average molecular weight is 459 g/mol. The molecule has 4 heterocycles. The van der Waals surface area contributed by atoms with Gasteiger partial charge in [-0.1, -0.05) is 23.5 Å². The Hall–Kier alpha value is -3.31. The van der Waals surface area contributed by atoms with Crippen molar-refractivity contribution in [1.82, 2.24) is 19.6 Å². The van der Waals surface area contributed by atoms with E-state index in [1.54, 1.807) is 17.5 Å². The predicted octanol–water partition coefficient (Wildman–Crippen LogP) is 5.65. The Morgan fingerprint density at radius 3 is 2.71 bits per heavy atom. The summed E-state index contributed by atoms with van der Waals surface area (Å²) in [6.45, 7) is 1.95. The van der Waals surface area contributed by atoms with Crippen LogP contribution in [0.1, 0.15) is 21.7 Å². The number of aryl methyl sites for hydroxylation is 1. The quantitative estimate of drug-likeness (QED) is 0.379. The first kappa shape index (κ1) is 19.6. The van der Waals surface area contributed by atoms with Crippen LogP contribution in [-0.2, 0) is 6.18 Å². The van der Waals surface area contributed by atoms with Crippen LogP contribution in [0.5, 0.6) is 0 Å². The maximum atomic E-state index is 13.7. The first-order valence-corrected chi connectivity index (χ1v) is 10.7. The molecule has 0 radical (unpaired) electrons. The smallest absolute Gasteiger partial charge is 0.296 e. The Kier molecular flexibility index (Phi) is 4.52. The van der Waals surface area contributed by atoms with Crippen LogP contribution in [0.2, 0.25) is 0 Å². The van der Waals surface area contributed by atoms with Crippen molar-refractivity contribution in [2.45, 2.75) is 13.1 Å². The Balaban J connectivity index is 1.54. The van der Waals surface area contributed by atoms with E-state index in [-0.39, 0.29) is 17.0 Å². The van der Waals surface area contributed by atoms with Crippen molar-refractivity contribution in [3.8, 4) is 10.6 Å². The zero-order valence-electron chi connectivity index (χ0n) is 15.8. The second-order valence-electron chi connectivity index (χ2n) is 6.75. The van der Waals surface area contributed by atoms with Crippen molar-refractivity contribution in [3.63, 3.8) is 0 Å². The minimum Gasteiger partial charge on any atom is -0.296 e. The summed E-state index contributed by atoms with van der Waals surface area (Å²) >= 11 is 2.55. The molecule has 0 saturated carbocycles. The van der Waals surface area contributed by atoms with Gasteiger partial charge in [0.05, 0.1) is 20.8 Å². The number of carbonyl (C=O) groups is 1. The van der Waals surface area contributed by atoms with Crippen LogP contribution in [0, 0.1) is 6.92 Å². The second-order valence-corrected chi connectivity index (χ2v) is 8.72. The molecular weight excluding hydrogens is 447 g/mol. The molecule has 0 bridgehead atoms. The zero-order chi connectivity index (χ0) is 21.8. The third kappa shape index (κ3) is 3.66. The summed E-state index contributed by atoms with van der Waals surface area (Å²) in [5.74, 6) is -0.660. The third-order valence-corrected chi connectivity index (χ3v) is 6.31. The molecule has 1 aromatic carbocycles. The lowest BCUT2D eigenvalue weighted by molar-refractivity contribution is -0.142. The first-order chi connectivity index (χ1) is 14.8. The van der Waals surface area contributed by atoms with E-state index in [9.17, 15) is 18.0 Å². The van der Waals surface area contributed by atoms with Crippen LogP contribution in [0.3, 0.4) is 0 Å². The second kappa shape index (κ2) is 7.13. The van der Waals surface area contributed by atoms with Crippen LogP contribution >= 0.6 is 22.7 Å². The van der Waals surface area contributed by atoms with Gasteiger partial charge in [0.2, 0.25) is 0 Å². The number of aromatic nitrogens is 4. The Morgan fingerprint density at radius 1 is 1.13 bits per heavy atom. The van der Waals surface area contributed by atoms with E-state index >= 15 is 0 Å². The van der Waals surface area contributed by atoms with Gasteiger partial charge in [0, 0.05) is 6.07 Å². The number of rotatable bonds is 3. The lowest BCUT2D eigenvalue weighted by atomic mass is 10.2. The fraction of sp³-hybridized carbons (Fsp3) is 0.100. The minimum absolute atomic E-state index is 0.0664. The number of alkyl halides is 3. The normalized spacial score (nSPS) is 12.0. The van der Waals surface area contributed by atoms with Crippen molar-refractivity contribution in [3.05, 3.63) is 64.8 Å². The predicted molar refractivity (Wildman–Crippen MR) is 114 cm³/mol. The molecule has 0 spiro atoms. The van der Waals surface area contributed by atoms with Gasteiger partial charge >= 0.3 is 6.18 Å². The molecule has 0 aliphatic heterocycles. The Labute approximate surface area is 181 Å². The summed E-state index contributed by atoms with van der Waals surface area (Å²) in [6, 6.07) is 11.3. The number of halogens is 3. The van der Waals surface area contributed by atoms with E-state index in [0.29, 0.717) is 14.5 Å². The summed E-state index contributed by atoms with van der Waals surface area (Å²) in [5.41, 5.74) is 0.697. The van der Waals surface area contributed by atoms with E-state index in [0.717, 1.165) is 21.8 Å². The number of hydrogen-bond acceptors (Lipinski definition) is 6. The zero-order valence-corrected chi connectivity index (χ0v) is 17.4. The van der Waals surface area contributed by atoms with Gasteiger partial charge in [0.15, 0.2) is 22.2 Å². The SMILES string of the molecule is Cc1ccc2nc(NC(=O)c3cc4nc(-c5cccs5)cc(C(F)(F)F)n4n3)sc2c1. The van der Waals surface area contributed by atoms with Crippen molar-refractivity contribution in [2.75, 3.05) is 5.32 Å². The summed E-state index contributed by atoms with van der Waals surface area (Å²) in [6.07, 6.45) is -4.67. The molecular formula is C20H12F3N5OS2. The number of fused-ring (bicyclic) bond motifs is 2. The van der Waals surface area contributed by atoms with Crippen molar-refractivity contribution in [1.29, 1.82) is 0 Å². The summed E-state index contributed by atoms with van der Waals surface area (Å²) < 4.78 is 42.5. The van der Waals surface area contributed by atoms with E-state index in [1.807, 2.05) is 25.1 Å². The monoisotopic (exact) mass is 459 g/mol. The molecule has 0 saturated heterocycles. The van der Waals surface area contributed by atoms with Crippen LogP contribution in [0.15, 0.2) is 47.8 Å². The van der Waals surface area contributed by atoms with Crippen molar-refractivity contribution < 1.29 is 18.0 Å². The van der Waals surface area contributed by atoms with Crippen molar-refractivity contribution in [2.24, 2.45) is 0 Å². The van der Waals surface area contributed by atoms with Gasteiger partial charge in [-0.3, -0.25) is 10.1 Å². The molecule has 1 amide bonds. The summed E-state index contributed by atoms with van der Waals surface area (Å²) in [4.78, 5) is 21.9. The topological polar surface area (TPSA) is 72.2 Å². The molecule has 1 N–H and O–H groups in total. The molecule has 5 rings (SSSR count). The summed E-state index contributed by atoms with van der Waals surface area (Å²) in [7, 11) is 0. The standard InChI is InChI=1S/C20H12F3N5OS2/c1-10-4-5-11-15(7-10)31-19(25-11)26-18(29)13-9-17-24-12(14-3-2-6-30-14)8-16(20(21,22)23)28(17)27-13/h2-9H,1H3,(H,25,26,29). The molecule has 31 heavy (non-hydrogen) atoms. The molecule has 6 nitrogen and oxygen atoms in total. The Bertz CT molecular complexity index is 1440. The molecule has 0 atom stereocenters. The molecule has 5 aromatic rings. The molecule has 0 fully saturated rings. The lowest BCUT2D eigenvalue weighted by Crippen LogP contribution is -2.15. The first-order valence-electron chi connectivity index (χ1n) is 8.98. The van der Waals surface area contributed by atoms with Crippen LogP contribution in [0.4, 0.5) is 18.3 Å². The highest BCUT2D eigenvalue weighted by Crippen LogP contribution is 2.33. The maximum absolute atomic E-state index is 13.7. The van der Waals surface area contributed by atoms with Crippen molar-refractivity contribution >= 4 is 49.6 Å². The molecule has 0 aliphatic rings. The minimum atomic E-state index is -4.67. The number of hydrogen-bond donors (Lipinski definition) is 1. The Morgan fingerprint density at radius 2 is 1.97 bits per heavy atom. The largest absolute Gasteiger partial charge is 0.433 e. The number of anilines is 1. The number of benzene rings is 1. The van der Waals surface area contributed by atoms with Gasteiger partial charge in [-0.2, -0.15) is 18.3 Å². The number of nitrogens with zero attached hydrogens (tertiary/aromatic N) is 4. The highest BCUT2D eigenvalue weighted by atomic mass is 32.1. The van der Waals surface area contributed by atoms with Gasteiger partial charge in [-0.15, -0.1) is 11.3 Å².